The van der Waals surface area contributed by atoms with E-state index in [1.54, 1.807) is 24.3 Å². The summed E-state index contributed by atoms with van der Waals surface area (Å²) in [6.45, 7) is 1.43. The number of amides is 2. The van der Waals surface area contributed by atoms with Crippen LogP contribution in [0.3, 0.4) is 0 Å². The van der Waals surface area contributed by atoms with Crippen molar-refractivity contribution in [2.75, 3.05) is 63.8 Å². The van der Waals surface area contributed by atoms with E-state index in [1.165, 1.54) is 20.3 Å². The number of carbonyl (C=O) groups is 1. The number of hydrogen-bond donors (Lipinski definition) is 4. The van der Waals surface area contributed by atoms with Gasteiger partial charge in [-0.2, -0.15) is 13.2 Å². The highest BCUT2D eigenvalue weighted by Gasteiger charge is 2.46. The SMILES string of the molecule is COc1cc(NC(=O)NC[C@H]2O[C@@H](CO)[C@@H](O)[C@H]2N2CCN(c3cccc(C(F)(F)F)c3)CC2)cc(OC)c1.Cl.Cl. The maximum absolute atomic E-state index is 13.1. The quantitative estimate of drug-likeness (QED) is 0.354. The van der Waals surface area contributed by atoms with E-state index in [0.717, 1.165) is 12.1 Å². The number of urea groups is 1. The van der Waals surface area contributed by atoms with E-state index in [9.17, 15) is 28.2 Å². The number of anilines is 2. The van der Waals surface area contributed by atoms with Gasteiger partial charge in [-0.1, -0.05) is 6.07 Å². The molecule has 2 heterocycles. The third-order valence-corrected chi connectivity index (χ3v) is 6.99. The van der Waals surface area contributed by atoms with Gasteiger partial charge in [-0.25, -0.2) is 4.79 Å². The van der Waals surface area contributed by atoms with Crippen molar-refractivity contribution >= 4 is 42.2 Å². The fourth-order valence-corrected chi connectivity index (χ4v) is 5.00. The molecule has 230 valence electrons. The van der Waals surface area contributed by atoms with Gasteiger partial charge in [-0.05, 0) is 18.2 Å². The zero-order valence-electron chi connectivity index (χ0n) is 22.5. The van der Waals surface area contributed by atoms with Crippen molar-refractivity contribution in [1.82, 2.24) is 10.2 Å². The summed E-state index contributed by atoms with van der Waals surface area (Å²) in [4.78, 5) is 16.5. The predicted molar refractivity (Wildman–Crippen MR) is 152 cm³/mol. The van der Waals surface area contributed by atoms with Gasteiger partial charge in [0.25, 0.3) is 0 Å². The summed E-state index contributed by atoms with van der Waals surface area (Å²) in [5.41, 5.74) is 0.223. The van der Waals surface area contributed by atoms with Crippen molar-refractivity contribution in [1.29, 1.82) is 0 Å². The fraction of sp³-hybridized carbons (Fsp3) is 0.500. The van der Waals surface area contributed by atoms with Crippen LogP contribution >= 0.6 is 24.8 Å². The summed E-state index contributed by atoms with van der Waals surface area (Å²) in [5.74, 6) is 1.00. The topological polar surface area (TPSA) is 116 Å². The first-order valence-electron chi connectivity index (χ1n) is 12.5. The molecule has 2 amide bonds. The van der Waals surface area contributed by atoms with Crippen LogP contribution in [0.2, 0.25) is 0 Å². The van der Waals surface area contributed by atoms with Gasteiger partial charge in [0, 0.05) is 62.3 Å². The average molecular weight is 627 g/mol. The number of ether oxygens (including phenoxy) is 3. The second-order valence-corrected chi connectivity index (χ2v) is 9.38. The first kappa shape index (κ1) is 34.5. The number of methoxy groups -OCH3 is 2. The molecule has 2 saturated heterocycles. The average Bonchev–Trinajstić information content (AvgIpc) is 3.26. The predicted octanol–water partition coefficient (Wildman–Crippen LogP) is 3.00. The molecule has 10 nitrogen and oxygen atoms in total. The van der Waals surface area contributed by atoms with Gasteiger partial charge in [0.05, 0.1) is 38.5 Å². The molecule has 0 bridgehead atoms. The minimum absolute atomic E-state index is 0. The van der Waals surface area contributed by atoms with Crippen LogP contribution in [-0.2, 0) is 10.9 Å². The highest BCUT2D eigenvalue weighted by Crippen LogP contribution is 2.33. The number of benzene rings is 2. The van der Waals surface area contributed by atoms with Crippen LogP contribution in [0, 0.1) is 0 Å². The second-order valence-electron chi connectivity index (χ2n) is 9.38. The van der Waals surface area contributed by atoms with E-state index in [2.05, 4.69) is 10.6 Å². The number of nitrogens with one attached hydrogen (secondary N) is 2. The van der Waals surface area contributed by atoms with Crippen LogP contribution in [0.1, 0.15) is 5.56 Å². The number of aliphatic hydroxyl groups is 2. The van der Waals surface area contributed by atoms with Gasteiger partial charge in [-0.15, -0.1) is 24.8 Å². The summed E-state index contributed by atoms with van der Waals surface area (Å²) in [5, 5.41) is 26.0. The molecule has 2 aromatic rings. The van der Waals surface area contributed by atoms with E-state index in [1.807, 2.05) is 9.80 Å². The number of alkyl halides is 3. The summed E-state index contributed by atoms with van der Waals surface area (Å²) in [7, 11) is 3.00. The lowest BCUT2D eigenvalue weighted by molar-refractivity contribution is -0.137. The van der Waals surface area contributed by atoms with E-state index in [4.69, 9.17) is 14.2 Å². The first-order chi connectivity index (χ1) is 18.6. The smallest absolute Gasteiger partial charge is 0.416 e. The Labute approximate surface area is 248 Å². The Morgan fingerprint density at radius 3 is 2.22 bits per heavy atom. The Balaban J connectivity index is 0.00000294. The van der Waals surface area contributed by atoms with Crippen molar-refractivity contribution in [3.8, 4) is 11.5 Å². The molecule has 15 heteroatoms. The zero-order chi connectivity index (χ0) is 28.2. The molecule has 2 aliphatic heterocycles. The van der Waals surface area contributed by atoms with Crippen LogP contribution in [0.5, 0.6) is 11.5 Å². The molecule has 0 aliphatic carbocycles. The van der Waals surface area contributed by atoms with Gasteiger partial charge >= 0.3 is 12.2 Å². The molecular formula is C26H35Cl2F3N4O6. The minimum Gasteiger partial charge on any atom is -0.497 e. The number of halogens is 5. The van der Waals surface area contributed by atoms with E-state index < -0.39 is 48.7 Å². The summed E-state index contributed by atoms with van der Waals surface area (Å²) < 4.78 is 55.7. The molecule has 4 atom stereocenters. The number of rotatable bonds is 8. The van der Waals surface area contributed by atoms with Gasteiger partial charge in [0.2, 0.25) is 0 Å². The number of aliphatic hydroxyl groups excluding tert-OH is 2. The van der Waals surface area contributed by atoms with E-state index in [-0.39, 0.29) is 31.4 Å². The van der Waals surface area contributed by atoms with Crippen LogP contribution in [0.15, 0.2) is 42.5 Å². The Morgan fingerprint density at radius 2 is 1.66 bits per heavy atom. The molecule has 4 rings (SSSR count). The van der Waals surface area contributed by atoms with Crippen LogP contribution in [0.4, 0.5) is 29.3 Å². The molecule has 41 heavy (non-hydrogen) atoms. The van der Waals surface area contributed by atoms with Crippen molar-refractivity contribution in [3.05, 3.63) is 48.0 Å². The molecule has 0 saturated carbocycles. The molecule has 2 aromatic carbocycles. The lowest BCUT2D eigenvalue weighted by atomic mass is 10.0. The van der Waals surface area contributed by atoms with Gasteiger partial charge in [0.15, 0.2) is 0 Å². The fourth-order valence-electron chi connectivity index (χ4n) is 5.00. The zero-order valence-corrected chi connectivity index (χ0v) is 24.1. The Bertz CT molecular complexity index is 1120. The lowest BCUT2D eigenvalue weighted by Crippen LogP contribution is -2.57. The number of hydrogen-bond acceptors (Lipinski definition) is 8. The van der Waals surface area contributed by atoms with E-state index >= 15 is 0 Å². The van der Waals surface area contributed by atoms with Crippen molar-refractivity contribution < 1.29 is 42.4 Å². The molecule has 0 aromatic heterocycles. The third kappa shape index (κ3) is 8.43. The first-order valence-corrected chi connectivity index (χ1v) is 12.5. The van der Waals surface area contributed by atoms with Crippen molar-refractivity contribution in [2.24, 2.45) is 0 Å². The molecule has 0 unspecified atom stereocenters. The maximum Gasteiger partial charge on any atom is 0.416 e. The molecule has 0 spiro atoms. The monoisotopic (exact) mass is 626 g/mol. The molecule has 0 radical (unpaired) electrons. The van der Waals surface area contributed by atoms with Gasteiger partial charge < -0.3 is 40.0 Å². The van der Waals surface area contributed by atoms with Crippen molar-refractivity contribution in [2.45, 2.75) is 30.5 Å². The third-order valence-electron chi connectivity index (χ3n) is 6.99. The molecular weight excluding hydrogens is 592 g/mol. The largest absolute Gasteiger partial charge is 0.497 e. The Kier molecular flexibility index (Phi) is 12.6. The number of nitrogens with zero attached hydrogens (tertiary/aromatic N) is 2. The van der Waals surface area contributed by atoms with Crippen LogP contribution in [0.25, 0.3) is 0 Å². The highest BCUT2D eigenvalue weighted by atomic mass is 35.5. The molecule has 2 aliphatic rings. The Morgan fingerprint density at radius 1 is 1.02 bits per heavy atom. The number of carbonyl (C=O) groups excluding carboxylic acids is 1. The summed E-state index contributed by atoms with van der Waals surface area (Å²) in [6, 6.07) is 9.10. The molecule has 4 N–H and O–H groups in total. The standard InChI is InChI=1S/C26H33F3N4O6.2ClH/c1-37-19-11-17(12-20(13-19)38-2)31-25(36)30-14-21-23(24(35)22(15-34)39-21)33-8-6-32(7-9-33)18-5-3-4-16(10-18)26(27,28)29;;/h3-5,10-13,21-24,34-35H,6-9,14-15H2,1-2H3,(H2,30,31,36);2*1H/t21-,22+,23+,24-;;/m1../s1. The minimum atomic E-state index is -4.42. The lowest BCUT2D eigenvalue weighted by Gasteiger charge is -2.41. The van der Waals surface area contributed by atoms with Crippen LogP contribution in [-0.4, -0.2) is 99.0 Å². The van der Waals surface area contributed by atoms with E-state index in [0.29, 0.717) is 49.1 Å². The Hall–Kier alpha value is -2.68. The summed E-state index contributed by atoms with van der Waals surface area (Å²) in [6.07, 6.45) is -6.88. The van der Waals surface area contributed by atoms with Crippen LogP contribution < -0.4 is 25.0 Å². The van der Waals surface area contributed by atoms with Gasteiger partial charge in [-0.3, -0.25) is 4.90 Å². The van der Waals surface area contributed by atoms with Crippen molar-refractivity contribution in [3.63, 3.8) is 0 Å². The summed E-state index contributed by atoms with van der Waals surface area (Å²) >= 11 is 0. The normalized spacial score (nSPS) is 22.8. The maximum atomic E-state index is 13.1. The van der Waals surface area contributed by atoms with Gasteiger partial charge in [0.1, 0.15) is 23.7 Å². The number of piperazine rings is 1. The highest BCUT2D eigenvalue weighted by molar-refractivity contribution is 5.89. The second kappa shape index (κ2) is 15.0. The molecule has 2 fully saturated rings.